The van der Waals surface area contributed by atoms with Gasteiger partial charge in [0.2, 0.25) is 5.91 Å². The van der Waals surface area contributed by atoms with Gasteiger partial charge in [-0.05, 0) is 19.1 Å². The van der Waals surface area contributed by atoms with E-state index in [2.05, 4.69) is 30.5 Å². The van der Waals surface area contributed by atoms with Crippen LogP contribution in [0, 0.1) is 18.8 Å². The van der Waals surface area contributed by atoms with E-state index in [1.54, 1.807) is 0 Å². The molecule has 2 fully saturated rings. The molecule has 0 aromatic carbocycles. The predicted octanol–water partition coefficient (Wildman–Crippen LogP) is 2.13. The predicted molar refractivity (Wildman–Crippen MR) is 78.1 cm³/mol. The molecule has 0 unspecified atom stereocenters. The molecular weight excluding hydrogens is 256 g/mol. The third kappa shape index (κ3) is 2.47. The van der Waals surface area contributed by atoms with Crippen molar-refractivity contribution in [3.63, 3.8) is 0 Å². The van der Waals surface area contributed by atoms with Crippen LogP contribution < -0.4 is 0 Å². The molecule has 3 rings (SSSR count). The summed E-state index contributed by atoms with van der Waals surface area (Å²) in [6, 6.07) is 4.38. The number of rotatable bonds is 4. The van der Waals surface area contributed by atoms with Crippen LogP contribution in [-0.4, -0.2) is 41.9 Å². The fourth-order valence-electron chi connectivity index (χ4n) is 3.27. The minimum atomic E-state index is 0.223. The topological polar surface area (TPSA) is 23.6 Å². The molecule has 0 saturated carbocycles. The molecule has 0 aliphatic carbocycles. The first-order valence-corrected chi connectivity index (χ1v) is 7.66. The third-order valence-corrected chi connectivity index (χ3v) is 5.11. The number of carbonyl (C=O) groups excluding carboxylic acids is 1. The van der Waals surface area contributed by atoms with Crippen molar-refractivity contribution >= 4 is 17.2 Å². The zero-order valence-corrected chi connectivity index (χ0v) is 12.2. The Balaban J connectivity index is 1.60. The van der Waals surface area contributed by atoms with Crippen molar-refractivity contribution in [3.8, 4) is 0 Å². The minimum absolute atomic E-state index is 0.223. The molecule has 1 amide bonds. The molecule has 1 aromatic rings. The standard InChI is InChI=1S/C15H20N2OS/c1-3-6-17-8-12-7-16(10-14(12)15(17)18)9-13-5-4-11(2)19-13/h3-5,12,14H,1,6-10H2,2H3/t12-,14-/m0/s1. The van der Waals surface area contributed by atoms with Gasteiger partial charge in [-0.1, -0.05) is 6.08 Å². The van der Waals surface area contributed by atoms with Crippen LogP contribution in [0.25, 0.3) is 0 Å². The summed E-state index contributed by atoms with van der Waals surface area (Å²) < 4.78 is 0. The summed E-state index contributed by atoms with van der Waals surface area (Å²) >= 11 is 1.86. The number of hydrogen-bond acceptors (Lipinski definition) is 3. The number of carbonyl (C=O) groups is 1. The summed E-state index contributed by atoms with van der Waals surface area (Å²) in [5.74, 6) is 1.07. The number of fused-ring (bicyclic) bond motifs is 1. The summed E-state index contributed by atoms with van der Waals surface area (Å²) in [6.07, 6.45) is 1.82. The first-order chi connectivity index (χ1) is 9.17. The average Bonchev–Trinajstić information content (AvgIpc) is 3.01. The molecule has 0 radical (unpaired) electrons. The van der Waals surface area contributed by atoms with Crippen molar-refractivity contribution in [1.29, 1.82) is 0 Å². The largest absolute Gasteiger partial charge is 0.338 e. The Labute approximate surface area is 118 Å². The molecule has 2 atom stereocenters. The highest BCUT2D eigenvalue weighted by atomic mass is 32.1. The zero-order valence-electron chi connectivity index (χ0n) is 11.3. The molecule has 2 aliphatic rings. The Morgan fingerprint density at radius 1 is 1.42 bits per heavy atom. The van der Waals surface area contributed by atoms with Gasteiger partial charge in [0, 0.05) is 48.4 Å². The smallest absolute Gasteiger partial charge is 0.227 e. The fourth-order valence-corrected chi connectivity index (χ4v) is 4.21. The van der Waals surface area contributed by atoms with Crippen LogP contribution in [0.15, 0.2) is 24.8 Å². The molecular formula is C15H20N2OS. The Morgan fingerprint density at radius 3 is 2.89 bits per heavy atom. The van der Waals surface area contributed by atoms with Crippen molar-refractivity contribution < 1.29 is 4.79 Å². The van der Waals surface area contributed by atoms with Crippen LogP contribution in [0.5, 0.6) is 0 Å². The quantitative estimate of drug-likeness (QED) is 0.787. The van der Waals surface area contributed by atoms with Crippen LogP contribution in [0.2, 0.25) is 0 Å². The van der Waals surface area contributed by atoms with E-state index in [0.717, 1.165) is 26.2 Å². The number of hydrogen-bond donors (Lipinski definition) is 0. The lowest BCUT2D eigenvalue weighted by molar-refractivity contribution is -0.130. The van der Waals surface area contributed by atoms with Gasteiger partial charge in [0.25, 0.3) is 0 Å². The fraction of sp³-hybridized carbons (Fsp3) is 0.533. The van der Waals surface area contributed by atoms with Gasteiger partial charge in [0.15, 0.2) is 0 Å². The van der Waals surface area contributed by atoms with E-state index in [4.69, 9.17) is 0 Å². The molecule has 3 nitrogen and oxygen atoms in total. The Bertz CT molecular complexity index is 496. The third-order valence-electron chi connectivity index (χ3n) is 4.13. The highest BCUT2D eigenvalue weighted by molar-refractivity contribution is 7.11. The lowest BCUT2D eigenvalue weighted by Crippen LogP contribution is -2.32. The summed E-state index contributed by atoms with van der Waals surface area (Å²) in [4.78, 5) is 19.4. The van der Waals surface area contributed by atoms with Crippen LogP contribution >= 0.6 is 11.3 Å². The normalized spacial score (nSPS) is 27.0. The molecule has 3 heterocycles. The van der Waals surface area contributed by atoms with Crippen LogP contribution in [0.3, 0.4) is 0 Å². The summed E-state index contributed by atoms with van der Waals surface area (Å²) in [5.41, 5.74) is 0. The van der Waals surface area contributed by atoms with Crippen LogP contribution in [0.1, 0.15) is 9.75 Å². The van der Waals surface area contributed by atoms with Gasteiger partial charge in [-0.3, -0.25) is 9.69 Å². The molecule has 1 aromatic heterocycles. The SMILES string of the molecule is C=CCN1C[C@@H]2CN(Cc3ccc(C)s3)C[C@@H]2C1=O. The second kappa shape index (κ2) is 5.10. The lowest BCUT2D eigenvalue weighted by Gasteiger charge is -2.20. The molecule has 2 saturated heterocycles. The van der Waals surface area contributed by atoms with E-state index in [-0.39, 0.29) is 5.92 Å². The van der Waals surface area contributed by atoms with Crippen LogP contribution in [-0.2, 0) is 11.3 Å². The van der Waals surface area contributed by atoms with Crippen molar-refractivity contribution in [2.75, 3.05) is 26.2 Å². The molecule has 4 heteroatoms. The number of thiophene rings is 1. The summed E-state index contributed by atoms with van der Waals surface area (Å²) in [7, 11) is 0. The minimum Gasteiger partial charge on any atom is -0.338 e. The highest BCUT2D eigenvalue weighted by Gasteiger charge is 2.45. The first-order valence-electron chi connectivity index (χ1n) is 6.84. The Morgan fingerprint density at radius 2 is 2.26 bits per heavy atom. The van der Waals surface area contributed by atoms with Crippen molar-refractivity contribution in [2.45, 2.75) is 13.5 Å². The number of likely N-dealkylation sites (tertiary alicyclic amines) is 2. The molecule has 0 N–H and O–H groups in total. The molecule has 19 heavy (non-hydrogen) atoms. The van der Waals surface area contributed by atoms with E-state index in [1.165, 1.54) is 9.75 Å². The highest BCUT2D eigenvalue weighted by Crippen LogP contribution is 2.33. The van der Waals surface area contributed by atoms with E-state index in [1.807, 2.05) is 22.3 Å². The lowest BCUT2D eigenvalue weighted by atomic mass is 10.0. The van der Waals surface area contributed by atoms with E-state index in [9.17, 15) is 4.79 Å². The monoisotopic (exact) mass is 276 g/mol. The van der Waals surface area contributed by atoms with Crippen molar-refractivity contribution in [2.24, 2.45) is 11.8 Å². The molecule has 2 aliphatic heterocycles. The van der Waals surface area contributed by atoms with Crippen molar-refractivity contribution in [3.05, 3.63) is 34.5 Å². The van der Waals surface area contributed by atoms with Crippen molar-refractivity contribution in [1.82, 2.24) is 9.80 Å². The second-order valence-electron chi connectivity index (χ2n) is 5.60. The van der Waals surface area contributed by atoms with Gasteiger partial charge in [-0.25, -0.2) is 0 Å². The molecule has 102 valence electrons. The van der Waals surface area contributed by atoms with Gasteiger partial charge in [0.1, 0.15) is 0 Å². The summed E-state index contributed by atoms with van der Waals surface area (Å²) in [6.45, 7) is 10.5. The van der Waals surface area contributed by atoms with Gasteiger partial charge in [-0.15, -0.1) is 17.9 Å². The molecule has 0 spiro atoms. The maximum absolute atomic E-state index is 12.2. The Hall–Kier alpha value is -1.13. The second-order valence-corrected chi connectivity index (χ2v) is 6.98. The number of nitrogens with zero attached hydrogens (tertiary/aromatic N) is 2. The Kier molecular flexibility index (Phi) is 3.46. The molecule has 0 bridgehead atoms. The van der Waals surface area contributed by atoms with E-state index in [0.29, 0.717) is 18.4 Å². The van der Waals surface area contributed by atoms with Gasteiger partial charge in [0.05, 0.1) is 5.92 Å². The van der Waals surface area contributed by atoms with Gasteiger partial charge < -0.3 is 4.90 Å². The number of aryl methyl sites for hydroxylation is 1. The van der Waals surface area contributed by atoms with E-state index >= 15 is 0 Å². The maximum Gasteiger partial charge on any atom is 0.227 e. The van der Waals surface area contributed by atoms with Gasteiger partial charge in [-0.2, -0.15) is 0 Å². The summed E-state index contributed by atoms with van der Waals surface area (Å²) in [5, 5.41) is 0. The van der Waals surface area contributed by atoms with E-state index < -0.39 is 0 Å². The average molecular weight is 276 g/mol. The number of amides is 1. The first kappa shape index (κ1) is 12.9. The van der Waals surface area contributed by atoms with Gasteiger partial charge >= 0.3 is 0 Å². The zero-order chi connectivity index (χ0) is 13.4. The van der Waals surface area contributed by atoms with Crippen LogP contribution in [0.4, 0.5) is 0 Å². The maximum atomic E-state index is 12.2.